The van der Waals surface area contributed by atoms with Crippen LogP contribution in [0.4, 0.5) is 0 Å². The molecule has 78 valence electrons. The normalized spacial score (nSPS) is 10.1. The van der Waals surface area contributed by atoms with Crippen molar-refractivity contribution in [1.29, 1.82) is 5.26 Å². The molecule has 0 bridgehead atoms. The first-order chi connectivity index (χ1) is 7.27. The fourth-order valence-corrected chi connectivity index (χ4v) is 3.17. The molecule has 1 atom stereocenters. The van der Waals surface area contributed by atoms with E-state index in [-0.39, 0.29) is 5.97 Å². The van der Waals surface area contributed by atoms with E-state index in [0.29, 0.717) is 17.4 Å². The number of hydrogen-bond donors (Lipinski definition) is 0. The molecule has 0 fully saturated rings. The van der Waals surface area contributed by atoms with Crippen molar-refractivity contribution in [2.75, 3.05) is 6.61 Å². The predicted octanol–water partition coefficient (Wildman–Crippen LogP) is 0.601. The molecule has 3 nitrogen and oxygen atoms in total. The molecule has 0 radical (unpaired) electrons. The van der Waals surface area contributed by atoms with Crippen molar-refractivity contribution in [2.24, 2.45) is 0 Å². The Balaban J connectivity index is 2.58. The van der Waals surface area contributed by atoms with Gasteiger partial charge >= 0.3 is 95.5 Å². The molecule has 0 amide bonds. The number of rotatable bonds is 4. The minimum absolute atomic E-state index is 0.162. The number of hydrogen-bond acceptors (Lipinski definition) is 3. The van der Waals surface area contributed by atoms with Crippen LogP contribution in [0.2, 0.25) is 5.21 Å². The van der Waals surface area contributed by atoms with Crippen molar-refractivity contribution in [3.8, 4) is 6.07 Å². The van der Waals surface area contributed by atoms with Gasteiger partial charge in [-0.25, -0.2) is 0 Å². The van der Waals surface area contributed by atoms with E-state index in [9.17, 15) is 4.79 Å². The van der Waals surface area contributed by atoms with Gasteiger partial charge in [0.1, 0.15) is 0 Å². The van der Waals surface area contributed by atoms with Gasteiger partial charge in [-0.3, -0.25) is 0 Å². The second kappa shape index (κ2) is 6.26. The Morgan fingerprint density at radius 2 is 2.27 bits per heavy atom. The Labute approximate surface area is 95.7 Å². The quantitative estimate of drug-likeness (QED) is 0.591. The fourth-order valence-electron chi connectivity index (χ4n) is 1.11. The molecule has 1 unspecified atom stereocenters. The number of benzene rings is 1. The van der Waals surface area contributed by atoms with Crippen LogP contribution in [-0.2, 0) is 9.53 Å². The summed E-state index contributed by atoms with van der Waals surface area (Å²) in [5.74, 6) is -0.162. The van der Waals surface area contributed by atoms with Gasteiger partial charge in [-0.2, -0.15) is 0 Å². The SMILES string of the molecule is CCOC(=O)C[AsH]c1ccccc1C#N. The molecule has 0 heterocycles. The third-order valence-electron chi connectivity index (χ3n) is 1.78. The average Bonchev–Trinajstić information content (AvgIpc) is 2.27. The second-order valence-corrected chi connectivity index (χ2v) is 5.43. The second-order valence-electron chi connectivity index (χ2n) is 2.82. The summed E-state index contributed by atoms with van der Waals surface area (Å²) in [7, 11) is 0. The van der Waals surface area contributed by atoms with Crippen LogP contribution >= 0.6 is 0 Å². The van der Waals surface area contributed by atoms with E-state index in [0.717, 1.165) is 4.35 Å². The predicted molar refractivity (Wildman–Crippen MR) is 59.4 cm³/mol. The molecular weight excluding hydrogens is 253 g/mol. The van der Waals surface area contributed by atoms with Gasteiger partial charge in [0.05, 0.1) is 0 Å². The topological polar surface area (TPSA) is 50.1 Å². The van der Waals surface area contributed by atoms with Crippen LogP contribution in [0, 0.1) is 11.3 Å². The Morgan fingerprint density at radius 3 is 2.93 bits per heavy atom. The standard InChI is InChI=1S/C11H12AsNO2/c1-2-15-11(14)7-12-10-6-4-3-5-9(10)8-13/h3-6,12H,2,7H2,1H3. The van der Waals surface area contributed by atoms with Crippen molar-refractivity contribution in [2.45, 2.75) is 12.1 Å². The maximum atomic E-state index is 11.1. The zero-order chi connectivity index (χ0) is 11.1. The molecule has 0 aliphatic heterocycles. The fraction of sp³-hybridized carbons (Fsp3) is 0.273. The number of esters is 1. The van der Waals surface area contributed by atoms with Crippen LogP contribution in [0.25, 0.3) is 0 Å². The summed E-state index contributed by atoms with van der Waals surface area (Å²) < 4.78 is 5.87. The molecule has 0 aliphatic carbocycles. The molecule has 0 N–H and O–H groups in total. The summed E-state index contributed by atoms with van der Waals surface area (Å²) in [6.07, 6.45) is 0. The van der Waals surface area contributed by atoms with E-state index in [4.69, 9.17) is 10.00 Å². The van der Waals surface area contributed by atoms with Gasteiger partial charge in [0.2, 0.25) is 0 Å². The van der Waals surface area contributed by atoms with Crippen LogP contribution in [-0.4, -0.2) is 28.3 Å². The van der Waals surface area contributed by atoms with Crippen molar-refractivity contribution in [1.82, 2.24) is 0 Å². The summed E-state index contributed by atoms with van der Waals surface area (Å²) >= 11 is -0.589. The first-order valence-electron chi connectivity index (χ1n) is 4.66. The molecular formula is C11H12AsNO2. The summed E-state index contributed by atoms with van der Waals surface area (Å²) in [5, 5.41) is 9.29. The van der Waals surface area contributed by atoms with E-state index in [1.165, 1.54) is 0 Å². The monoisotopic (exact) mass is 265 g/mol. The van der Waals surface area contributed by atoms with Crippen molar-refractivity contribution in [3.05, 3.63) is 29.8 Å². The van der Waals surface area contributed by atoms with Gasteiger partial charge in [-0.05, 0) is 0 Å². The maximum absolute atomic E-state index is 11.1. The zero-order valence-corrected chi connectivity index (χ0v) is 10.6. The molecule has 0 saturated carbocycles. The Kier molecular flexibility index (Phi) is 4.93. The molecule has 15 heavy (non-hydrogen) atoms. The molecule has 0 aliphatic rings. The van der Waals surface area contributed by atoms with Crippen LogP contribution in [0.15, 0.2) is 24.3 Å². The van der Waals surface area contributed by atoms with E-state index in [1.54, 1.807) is 13.0 Å². The molecule has 1 aromatic carbocycles. The number of ether oxygens (including phenoxy) is 1. The van der Waals surface area contributed by atoms with E-state index < -0.39 is 15.8 Å². The number of carbonyl (C=O) groups excluding carboxylic acids is 1. The Hall–Kier alpha value is -1.26. The zero-order valence-electron chi connectivity index (χ0n) is 8.49. The van der Waals surface area contributed by atoms with Crippen molar-refractivity contribution < 1.29 is 9.53 Å². The summed E-state index contributed by atoms with van der Waals surface area (Å²) in [6.45, 7) is 2.21. The average molecular weight is 265 g/mol. The number of nitriles is 1. The van der Waals surface area contributed by atoms with Gasteiger partial charge in [0, 0.05) is 0 Å². The third kappa shape index (κ3) is 3.77. The molecule has 0 spiro atoms. The molecule has 1 aromatic rings. The van der Waals surface area contributed by atoms with Gasteiger partial charge in [0.25, 0.3) is 0 Å². The van der Waals surface area contributed by atoms with Crippen LogP contribution in [0.1, 0.15) is 12.5 Å². The van der Waals surface area contributed by atoms with Gasteiger partial charge < -0.3 is 0 Å². The van der Waals surface area contributed by atoms with Crippen molar-refractivity contribution >= 4 is 26.1 Å². The first-order valence-corrected chi connectivity index (χ1v) is 7.19. The Bertz CT molecular complexity index is 384. The van der Waals surface area contributed by atoms with E-state index in [1.807, 2.05) is 18.2 Å². The third-order valence-corrected chi connectivity index (χ3v) is 4.47. The van der Waals surface area contributed by atoms with Crippen LogP contribution < -0.4 is 4.35 Å². The molecule has 4 heteroatoms. The summed E-state index contributed by atoms with van der Waals surface area (Å²) in [6, 6.07) is 9.55. The van der Waals surface area contributed by atoms with E-state index >= 15 is 0 Å². The van der Waals surface area contributed by atoms with Gasteiger partial charge in [-0.1, -0.05) is 0 Å². The molecule has 0 aromatic heterocycles. The summed E-state index contributed by atoms with van der Waals surface area (Å²) in [5.41, 5.74) is 0.682. The van der Waals surface area contributed by atoms with Gasteiger partial charge in [0.15, 0.2) is 0 Å². The first kappa shape index (κ1) is 11.8. The summed E-state index contributed by atoms with van der Waals surface area (Å²) in [4.78, 5) is 11.1. The molecule has 1 rings (SSSR count). The number of carbonyl (C=O) groups is 1. The van der Waals surface area contributed by atoms with E-state index in [2.05, 4.69) is 6.07 Å². The minimum atomic E-state index is -0.589. The van der Waals surface area contributed by atoms with Crippen molar-refractivity contribution in [3.63, 3.8) is 0 Å². The number of nitrogens with zero attached hydrogens (tertiary/aromatic N) is 1. The molecule has 0 saturated heterocycles. The van der Waals surface area contributed by atoms with Crippen LogP contribution in [0.5, 0.6) is 0 Å². The van der Waals surface area contributed by atoms with Gasteiger partial charge in [-0.15, -0.1) is 0 Å². The van der Waals surface area contributed by atoms with Crippen LogP contribution in [0.3, 0.4) is 0 Å². The Morgan fingerprint density at radius 1 is 1.53 bits per heavy atom.